The van der Waals surface area contributed by atoms with Crippen LogP contribution < -0.4 is 5.32 Å². The van der Waals surface area contributed by atoms with E-state index >= 15 is 0 Å². The van der Waals surface area contributed by atoms with E-state index in [1.54, 1.807) is 0 Å². The lowest BCUT2D eigenvalue weighted by Gasteiger charge is -2.21. The van der Waals surface area contributed by atoms with E-state index in [4.69, 9.17) is 33.2 Å². The molecule has 1 amide bonds. The third kappa shape index (κ3) is 44.1. The standard InChI is InChI=1S/C58H106N2O11/c1-5-9-13-17-20-21-22-23-24-25-26-27-28-29-33-39-54(61)67-48-52(49-68-55(62)40-41-56(65-46-36-30-18-14-10-6-2)66-47-37-31-19-15-11-7-3)50-69-58(64)70-51-53(38-32-16-12-8-4)71-57(63)59-42-45-60-43-34-35-44-60/h20-21,23-24,52-53,56H,5-19,22,25-51H2,1-4H3,(H,59,63)/b21-20-,24-23?. The highest BCUT2D eigenvalue weighted by Crippen LogP contribution is 2.15. The Hall–Kier alpha value is -3.16. The predicted octanol–water partition coefficient (Wildman–Crippen LogP) is 14.7. The number of carbonyl (C=O) groups excluding carboxylic acids is 4. The van der Waals surface area contributed by atoms with Crippen molar-refractivity contribution in [3.8, 4) is 0 Å². The zero-order valence-corrected chi connectivity index (χ0v) is 45.9. The molecule has 1 aliphatic rings. The van der Waals surface area contributed by atoms with Crippen LogP contribution in [0.3, 0.4) is 0 Å². The van der Waals surface area contributed by atoms with Gasteiger partial charge in [-0.15, -0.1) is 0 Å². The molecule has 13 heteroatoms. The first kappa shape index (κ1) is 65.9. The topological polar surface area (TPSA) is 148 Å². The molecule has 2 unspecified atom stereocenters. The second-order valence-corrected chi connectivity index (χ2v) is 19.7. The Morgan fingerprint density at radius 2 is 0.986 bits per heavy atom. The molecule has 0 radical (unpaired) electrons. The van der Waals surface area contributed by atoms with Gasteiger partial charge in [-0.2, -0.15) is 0 Å². The Morgan fingerprint density at radius 1 is 0.507 bits per heavy atom. The molecule has 0 aromatic heterocycles. The Morgan fingerprint density at radius 3 is 1.59 bits per heavy atom. The average Bonchev–Trinajstić information content (AvgIpc) is 3.89. The lowest BCUT2D eigenvalue weighted by Crippen LogP contribution is -2.36. The molecule has 13 nitrogen and oxygen atoms in total. The quantitative estimate of drug-likeness (QED) is 0.0203. The molecule has 0 aromatic carbocycles. The van der Waals surface area contributed by atoms with Gasteiger partial charge in [0.05, 0.1) is 12.3 Å². The molecule has 0 aromatic rings. The number of hydrogen-bond donors (Lipinski definition) is 1. The summed E-state index contributed by atoms with van der Waals surface area (Å²) in [5.74, 6) is -1.40. The zero-order chi connectivity index (χ0) is 51.5. The number of nitrogens with one attached hydrogen (secondary N) is 1. The molecule has 1 fully saturated rings. The van der Waals surface area contributed by atoms with Crippen LogP contribution in [0.2, 0.25) is 0 Å². The highest BCUT2D eigenvalue weighted by molar-refractivity contribution is 5.70. The van der Waals surface area contributed by atoms with Crippen LogP contribution in [0.25, 0.3) is 0 Å². The van der Waals surface area contributed by atoms with Crippen LogP contribution in [-0.4, -0.2) is 107 Å². The number of alkyl carbamates (subject to hydrolysis) is 1. The van der Waals surface area contributed by atoms with E-state index in [1.807, 2.05) is 0 Å². The average molecular weight is 1010 g/mol. The molecule has 2 atom stereocenters. The SMILES string of the molecule is CCCCC/C=C\CC=CCCCCCCCC(=O)OCC(COC(=O)CCC(OCCCCCCCC)OCCCCCCCC)COC(=O)OCC(CCCCCC)OC(=O)NCCN1CCCC1. The number of likely N-dealkylation sites (tertiary alicyclic amines) is 1. The van der Waals surface area contributed by atoms with Gasteiger partial charge in [0.2, 0.25) is 0 Å². The van der Waals surface area contributed by atoms with Gasteiger partial charge >= 0.3 is 24.2 Å². The van der Waals surface area contributed by atoms with Crippen LogP contribution in [0.4, 0.5) is 9.59 Å². The maximum atomic E-state index is 13.1. The van der Waals surface area contributed by atoms with Gasteiger partial charge in [0, 0.05) is 39.1 Å². The molecular formula is C58H106N2O11. The minimum absolute atomic E-state index is 0.0887. The van der Waals surface area contributed by atoms with E-state index in [0.717, 1.165) is 116 Å². The number of rotatable bonds is 50. The Balaban J connectivity index is 2.73. The van der Waals surface area contributed by atoms with Crippen molar-refractivity contribution in [3.63, 3.8) is 0 Å². The van der Waals surface area contributed by atoms with Gasteiger partial charge in [-0.1, -0.05) is 168 Å². The van der Waals surface area contributed by atoms with Crippen LogP contribution in [-0.2, 0) is 42.7 Å². The Bertz CT molecular complexity index is 1290. The second-order valence-electron chi connectivity index (χ2n) is 19.7. The maximum Gasteiger partial charge on any atom is 0.508 e. The summed E-state index contributed by atoms with van der Waals surface area (Å²) in [5, 5.41) is 2.83. The number of carbonyl (C=O) groups is 4. The monoisotopic (exact) mass is 1010 g/mol. The molecule has 1 N–H and O–H groups in total. The summed E-state index contributed by atoms with van der Waals surface area (Å²) in [4.78, 5) is 53.9. The first-order chi connectivity index (χ1) is 34.8. The van der Waals surface area contributed by atoms with Crippen LogP contribution in [0.1, 0.15) is 240 Å². The van der Waals surface area contributed by atoms with Crippen molar-refractivity contribution >= 4 is 24.2 Å². The largest absolute Gasteiger partial charge is 0.508 e. The van der Waals surface area contributed by atoms with Crippen molar-refractivity contribution in [3.05, 3.63) is 24.3 Å². The van der Waals surface area contributed by atoms with Crippen LogP contribution in [0.15, 0.2) is 24.3 Å². The first-order valence-electron chi connectivity index (χ1n) is 29.1. The number of allylic oxidation sites excluding steroid dienone is 4. The Labute approximate surface area is 433 Å². The molecule has 0 saturated carbocycles. The molecule has 0 bridgehead atoms. The van der Waals surface area contributed by atoms with Crippen molar-refractivity contribution in [1.82, 2.24) is 10.2 Å². The second kappa shape index (κ2) is 50.4. The van der Waals surface area contributed by atoms with Gasteiger partial charge in [-0.05, 0) is 90.1 Å². The number of ether oxygens (including phenoxy) is 7. The molecule has 1 aliphatic heterocycles. The van der Waals surface area contributed by atoms with Crippen molar-refractivity contribution < 1.29 is 52.3 Å². The summed E-state index contributed by atoms with van der Waals surface area (Å²) in [6.45, 7) is 12.7. The van der Waals surface area contributed by atoms with Gasteiger partial charge in [-0.25, -0.2) is 9.59 Å². The highest BCUT2D eigenvalue weighted by atomic mass is 16.7. The number of esters is 2. The highest BCUT2D eigenvalue weighted by Gasteiger charge is 2.22. The summed E-state index contributed by atoms with van der Waals surface area (Å²) < 4.78 is 40.2. The number of amides is 1. The lowest BCUT2D eigenvalue weighted by atomic mass is 10.1. The van der Waals surface area contributed by atoms with Crippen LogP contribution >= 0.6 is 0 Å². The fourth-order valence-electron chi connectivity index (χ4n) is 8.31. The van der Waals surface area contributed by atoms with E-state index in [9.17, 15) is 19.2 Å². The van der Waals surface area contributed by atoms with Gasteiger partial charge < -0.3 is 43.4 Å². The summed E-state index contributed by atoms with van der Waals surface area (Å²) in [5.41, 5.74) is 0. The third-order valence-electron chi connectivity index (χ3n) is 12.9. The van der Waals surface area contributed by atoms with Gasteiger partial charge in [0.15, 0.2) is 6.29 Å². The smallest absolute Gasteiger partial charge is 0.465 e. The van der Waals surface area contributed by atoms with E-state index in [2.05, 4.69) is 62.2 Å². The third-order valence-corrected chi connectivity index (χ3v) is 12.9. The van der Waals surface area contributed by atoms with Crippen molar-refractivity contribution in [2.75, 3.05) is 65.8 Å². The maximum absolute atomic E-state index is 13.1. The molecular weight excluding hydrogens is 901 g/mol. The molecule has 1 saturated heterocycles. The van der Waals surface area contributed by atoms with E-state index in [-0.39, 0.29) is 45.2 Å². The predicted molar refractivity (Wildman–Crippen MR) is 286 cm³/mol. The van der Waals surface area contributed by atoms with Crippen LogP contribution in [0.5, 0.6) is 0 Å². The minimum atomic E-state index is -0.942. The molecule has 0 spiro atoms. The number of nitrogens with zero attached hydrogens (tertiary/aromatic N) is 1. The zero-order valence-electron chi connectivity index (χ0n) is 45.9. The normalized spacial score (nSPS) is 13.8. The Kier molecular flexibility index (Phi) is 46.7. The summed E-state index contributed by atoms with van der Waals surface area (Å²) in [7, 11) is 0. The fraction of sp³-hybridized carbons (Fsp3) is 0.862. The van der Waals surface area contributed by atoms with Crippen molar-refractivity contribution in [2.45, 2.75) is 252 Å². The molecule has 414 valence electrons. The van der Waals surface area contributed by atoms with Gasteiger partial charge in [-0.3, -0.25) is 9.59 Å². The molecule has 1 rings (SSSR count). The number of hydrogen-bond acceptors (Lipinski definition) is 12. The van der Waals surface area contributed by atoms with E-state index in [0.29, 0.717) is 32.6 Å². The lowest BCUT2D eigenvalue weighted by molar-refractivity contribution is -0.161. The number of unbranched alkanes of at least 4 members (excludes halogenated alkanes) is 21. The fourth-order valence-corrected chi connectivity index (χ4v) is 8.31. The minimum Gasteiger partial charge on any atom is -0.465 e. The summed E-state index contributed by atoms with van der Waals surface area (Å²) in [6.07, 6.45) is 39.9. The summed E-state index contributed by atoms with van der Waals surface area (Å²) >= 11 is 0. The van der Waals surface area contributed by atoms with E-state index < -0.39 is 36.5 Å². The van der Waals surface area contributed by atoms with Crippen molar-refractivity contribution in [2.24, 2.45) is 5.92 Å². The van der Waals surface area contributed by atoms with Gasteiger partial charge in [0.25, 0.3) is 0 Å². The summed E-state index contributed by atoms with van der Waals surface area (Å²) in [6, 6.07) is 0. The van der Waals surface area contributed by atoms with Crippen molar-refractivity contribution in [1.29, 1.82) is 0 Å². The molecule has 71 heavy (non-hydrogen) atoms. The van der Waals surface area contributed by atoms with Gasteiger partial charge in [0.1, 0.15) is 32.5 Å². The first-order valence-corrected chi connectivity index (χ1v) is 29.1. The molecule has 1 heterocycles. The van der Waals surface area contributed by atoms with Crippen LogP contribution in [0, 0.1) is 5.92 Å². The molecule has 0 aliphatic carbocycles. The van der Waals surface area contributed by atoms with E-state index in [1.165, 1.54) is 89.9 Å².